The minimum atomic E-state index is -1.23. The Kier molecular flexibility index (Phi) is 5.89. The van der Waals surface area contributed by atoms with Crippen LogP contribution < -0.4 is 0 Å². The number of hydrogen-bond donors (Lipinski definition) is 1. The van der Waals surface area contributed by atoms with Crippen molar-refractivity contribution in [2.75, 3.05) is 13.7 Å². The lowest BCUT2D eigenvalue weighted by atomic mass is 9.79. The average molecular weight is 304 g/mol. The summed E-state index contributed by atoms with van der Waals surface area (Å²) in [6, 6.07) is 0. The molecule has 0 aromatic heterocycles. The third kappa shape index (κ3) is 3.88. The van der Waals surface area contributed by atoms with Gasteiger partial charge in [-0.1, -0.05) is 20.8 Å². The highest BCUT2D eigenvalue weighted by Gasteiger charge is 2.49. The fourth-order valence-electron chi connectivity index (χ4n) is 2.60. The first-order valence-corrected chi connectivity index (χ1v) is 7.28. The van der Waals surface area contributed by atoms with Crippen LogP contribution in [0.3, 0.4) is 0 Å². The highest BCUT2D eigenvalue weighted by atomic mass is 32.1. The van der Waals surface area contributed by atoms with E-state index in [-0.39, 0.29) is 36.4 Å². The third-order valence-corrected chi connectivity index (χ3v) is 4.43. The second-order valence-electron chi connectivity index (χ2n) is 5.68. The molecule has 6 heteroatoms. The fourth-order valence-corrected chi connectivity index (χ4v) is 3.10. The summed E-state index contributed by atoms with van der Waals surface area (Å²) in [4.78, 5) is 21.5. The molecule has 1 aliphatic rings. The minimum absolute atomic E-state index is 0.0205. The van der Waals surface area contributed by atoms with Crippen LogP contribution in [0.1, 0.15) is 34.1 Å². The second-order valence-corrected chi connectivity index (χ2v) is 6.40. The molecule has 1 aliphatic heterocycles. The summed E-state index contributed by atoms with van der Waals surface area (Å²) >= 11 is 4.38. The Hall–Kier alpha value is -0.750. The SMILES string of the molecule is COC(=O)C1(S)C[C@@H](C)[C@@H](C)C([C@H](C)COC(C)=O)O1. The van der Waals surface area contributed by atoms with Crippen molar-refractivity contribution in [2.24, 2.45) is 17.8 Å². The molecule has 0 bridgehead atoms. The number of carbonyl (C=O) groups is 2. The summed E-state index contributed by atoms with van der Waals surface area (Å²) in [7, 11) is 1.32. The van der Waals surface area contributed by atoms with Crippen molar-refractivity contribution in [3.8, 4) is 0 Å². The fraction of sp³-hybridized carbons (Fsp3) is 0.857. The number of thiol groups is 1. The van der Waals surface area contributed by atoms with Gasteiger partial charge in [-0.2, -0.15) is 0 Å². The smallest absolute Gasteiger partial charge is 0.348 e. The topological polar surface area (TPSA) is 61.8 Å². The summed E-state index contributed by atoms with van der Waals surface area (Å²) in [6.07, 6.45) is 0.287. The van der Waals surface area contributed by atoms with Gasteiger partial charge in [-0.15, -0.1) is 12.6 Å². The zero-order chi connectivity index (χ0) is 15.5. The lowest BCUT2D eigenvalue weighted by Gasteiger charge is -2.45. The van der Waals surface area contributed by atoms with Gasteiger partial charge in [-0.3, -0.25) is 4.79 Å². The number of methoxy groups -OCH3 is 1. The van der Waals surface area contributed by atoms with Crippen molar-refractivity contribution in [1.82, 2.24) is 0 Å². The lowest BCUT2D eigenvalue weighted by Crippen LogP contribution is -2.52. The Morgan fingerprint density at radius 1 is 1.45 bits per heavy atom. The van der Waals surface area contributed by atoms with E-state index in [1.54, 1.807) is 0 Å². The second kappa shape index (κ2) is 6.80. The Labute approximate surface area is 125 Å². The molecule has 1 fully saturated rings. The maximum Gasteiger partial charge on any atom is 0.348 e. The van der Waals surface area contributed by atoms with Crippen molar-refractivity contribution in [3.05, 3.63) is 0 Å². The molecule has 0 aliphatic carbocycles. The molecule has 116 valence electrons. The molecule has 1 saturated heterocycles. The first kappa shape index (κ1) is 17.3. The quantitative estimate of drug-likeness (QED) is 0.636. The molecule has 0 amide bonds. The van der Waals surface area contributed by atoms with Gasteiger partial charge in [0.25, 0.3) is 0 Å². The molecule has 0 spiro atoms. The summed E-state index contributed by atoms with van der Waals surface area (Å²) in [5, 5.41) is 0. The molecule has 0 aromatic carbocycles. The van der Waals surface area contributed by atoms with Crippen molar-refractivity contribution in [2.45, 2.75) is 45.2 Å². The monoisotopic (exact) mass is 304 g/mol. The molecule has 2 unspecified atom stereocenters. The van der Waals surface area contributed by atoms with Crippen molar-refractivity contribution >= 4 is 24.6 Å². The van der Waals surface area contributed by atoms with Crippen LogP contribution >= 0.6 is 12.6 Å². The van der Waals surface area contributed by atoms with Gasteiger partial charge in [-0.05, 0) is 18.3 Å². The van der Waals surface area contributed by atoms with Gasteiger partial charge in [0, 0.05) is 12.8 Å². The van der Waals surface area contributed by atoms with Crippen LogP contribution in [-0.2, 0) is 23.8 Å². The predicted molar refractivity (Wildman–Crippen MR) is 77.3 cm³/mol. The molecule has 0 saturated carbocycles. The van der Waals surface area contributed by atoms with Crippen LogP contribution in [0, 0.1) is 17.8 Å². The van der Waals surface area contributed by atoms with Crippen LogP contribution in [-0.4, -0.2) is 36.7 Å². The summed E-state index contributed by atoms with van der Waals surface area (Å²) in [5.41, 5.74) is 0. The van der Waals surface area contributed by atoms with Crippen LogP contribution in [0.2, 0.25) is 0 Å². The van der Waals surface area contributed by atoms with E-state index in [0.29, 0.717) is 6.42 Å². The van der Waals surface area contributed by atoms with E-state index in [2.05, 4.69) is 26.5 Å². The molecule has 5 atom stereocenters. The van der Waals surface area contributed by atoms with E-state index in [0.717, 1.165) is 0 Å². The Morgan fingerprint density at radius 3 is 2.55 bits per heavy atom. The highest BCUT2D eigenvalue weighted by molar-refractivity contribution is 7.82. The van der Waals surface area contributed by atoms with Gasteiger partial charge in [0.1, 0.15) is 0 Å². The van der Waals surface area contributed by atoms with E-state index in [1.165, 1.54) is 14.0 Å². The molecular weight excluding hydrogens is 280 g/mol. The normalized spacial score (nSPS) is 35.2. The molecule has 1 rings (SSSR count). The van der Waals surface area contributed by atoms with Crippen LogP contribution in [0.25, 0.3) is 0 Å². The van der Waals surface area contributed by atoms with Gasteiger partial charge >= 0.3 is 11.9 Å². The largest absolute Gasteiger partial charge is 0.466 e. The number of ether oxygens (including phenoxy) is 3. The van der Waals surface area contributed by atoms with E-state index in [9.17, 15) is 9.59 Å². The maximum atomic E-state index is 11.9. The van der Waals surface area contributed by atoms with Crippen molar-refractivity contribution in [3.63, 3.8) is 0 Å². The molecule has 0 aromatic rings. The molecule has 1 heterocycles. The zero-order valence-corrected chi connectivity index (χ0v) is 13.6. The Bertz CT molecular complexity index is 373. The van der Waals surface area contributed by atoms with Gasteiger partial charge in [0.2, 0.25) is 4.93 Å². The number of rotatable bonds is 4. The van der Waals surface area contributed by atoms with Crippen LogP contribution in [0.15, 0.2) is 0 Å². The Morgan fingerprint density at radius 2 is 2.05 bits per heavy atom. The molecule has 0 radical (unpaired) electrons. The van der Waals surface area contributed by atoms with Crippen molar-refractivity contribution in [1.29, 1.82) is 0 Å². The van der Waals surface area contributed by atoms with E-state index >= 15 is 0 Å². The summed E-state index contributed by atoms with van der Waals surface area (Å²) in [6.45, 7) is 7.71. The minimum Gasteiger partial charge on any atom is -0.466 e. The Balaban J connectivity index is 2.82. The van der Waals surface area contributed by atoms with Gasteiger partial charge in [0.05, 0.1) is 19.8 Å². The highest BCUT2D eigenvalue weighted by Crippen LogP contribution is 2.42. The average Bonchev–Trinajstić information content (AvgIpc) is 2.39. The predicted octanol–water partition coefficient (Wildman–Crippen LogP) is 2.05. The van der Waals surface area contributed by atoms with Crippen LogP contribution in [0.4, 0.5) is 0 Å². The lowest BCUT2D eigenvalue weighted by molar-refractivity contribution is -0.188. The molecule has 0 N–H and O–H groups in total. The maximum absolute atomic E-state index is 11.9. The first-order valence-electron chi connectivity index (χ1n) is 6.83. The standard InChI is InChI=1S/C14H24O5S/c1-8-6-14(20,13(16)17-5)19-12(10(8)3)9(2)7-18-11(4)15/h8-10,12,20H,6-7H2,1-5H3/t8-,9-,10-,12?,14?/m1/s1. The number of carbonyl (C=O) groups excluding carboxylic acids is 2. The molecule has 20 heavy (non-hydrogen) atoms. The van der Waals surface area contributed by atoms with Gasteiger partial charge in [0.15, 0.2) is 0 Å². The van der Waals surface area contributed by atoms with Crippen molar-refractivity contribution < 1.29 is 23.8 Å². The molecular formula is C14H24O5S. The summed E-state index contributed by atoms with van der Waals surface area (Å²) < 4.78 is 15.7. The van der Waals surface area contributed by atoms with E-state index in [4.69, 9.17) is 14.2 Å². The van der Waals surface area contributed by atoms with E-state index < -0.39 is 10.9 Å². The molecule has 5 nitrogen and oxygen atoms in total. The van der Waals surface area contributed by atoms with Crippen LogP contribution in [0.5, 0.6) is 0 Å². The number of hydrogen-bond acceptors (Lipinski definition) is 6. The zero-order valence-electron chi connectivity index (χ0n) is 12.7. The summed E-state index contributed by atoms with van der Waals surface area (Å²) in [5.74, 6) is -0.328. The van der Waals surface area contributed by atoms with Gasteiger partial charge < -0.3 is 14.2 Å². The number of esters is 2. The van der Waals surface area contributed by atoms with E-state index in [1.807, 2.05) is 6.92 Å². The first-order chi connectivity index (χ1) is 9.21. The third-order valence-electron chi connectivity index (χ3n) is 3.96. The van der Waals surface area contributed by atoms with Gasteiger partial charge in [-0.25, -0.2) is 4.79 Å².